The van der Waals surface area contributed by atoms with Crippen molar-refractivity contribution in [3.63, 3.8) is 0 Å². The van der Waals surface area contributed by atoms with Gasteiger partial charge in [-0.05, 0) is 83.1 Å². The van der Waals surface area contributed by atoms with Crippen molar-refractivity contribution in [1.29, 1.82) is 0 Å². The highest BCUT2D eigenvalue weighted by molar-refractivity contribution is 9.10. The molecule has 4 aromatic heterocycles. The summed E-state index contributed by atoms with van der Waals surface area (Å²) in [5.41, 5.74) is 10.7. The van der Waals surface area contributed by atoms with Crippen molar-refractivity contribution in [2.45, 2.75) is 38.4 Å². The number of hydrogen-bond acceptors (Lipinski definition) is 7. The van der Waals surface area contributed by atoms with E-state index in [1.54, 1.807) is 35.6 Å². The topological polar surface area (TPSA) is 132 Å². The van der Waals surface area contributed by atoms with Crippen LogP contribution in [0.1, 0.15) is 18.4 Å². The van der Waals surface area contributed by atoms with E-state index < -0.39 is 6.04 Å². The number of aromatic nitrogens is 4. The van der Waals surface area contributed by atoms with Gasteiger partial charge in [-0.15, -0.1) is 0 Å². The molecule has 1 saturated carbocycles. The highest BCUT2D eigenvalue weighted by Gasteiger charge is 2.56. The molecule has 2 amide bonds. The molecule has 0 unspecified atom stereocenters. The predicted molar refractivity (Wildman–Crippen MR) is 150 cm³/mol. The third kappa shape index (κ3) is 3.95. The molecule has 2 aliphatic rings. The van der Waals surface area contributed by atoms with E-state index in [1.807, 2.05) is 23.6 Å². The molecule has 1 aliphatic carbocycles. The molecule has 0 spiro atoms. The molecule has 1 aliphatic heterocycles. The van der Waals surface area contributed by atoms with Crippen LogP contribution in [0, 0.1) is 12.8 Å². The Hall–Kier alpha value is -4.25. The van der Waals surface area contributed by atoms with Crippen molar-refractivity contribution >= 4 is 61.3 Å². The summed E-state index contributed by atoms with van der Waals surface area (Å²) in [6.07, 6.45) is 6.30. The van der Waals surface area contributed by atoms with Crippen molar-refractivity contribution in [1.82, 2.24) is 24.4 Å². The number of nitrogens with one attached hydrogen (secondary N) is 1. The van der Waals surface area contributed by atoms with Crippen LogP contribution < -0.4 is 11.1 Å². The number of pyridine rings is 1. The van der Waals surface area contributed by atoms with Crippen molar-refractivity contribution in [3.8, 4) is 11.1 Å². The molecule has 3 N–H and O–H groups in total. The van der Waals surface area contributed by atoms with Crippen LogP contribution in [0.4, 0.5) is 11.6 Å². The summed E-state index contributed by atoms with van der Waals surface area (Å²) in [7, 11) is 0. The number of nitrogens with zero attached hydrogens (tertiary/aromatic N) is 5. The Morgan fingerprint density at radius 3 is 2.85 bits per heavy atom. The maximum absolute atomic E-state index is 13.9. The first-order valence-electron chi connectivity index (χ1n) is 12.7. The van der Waals surface area contributed by atoms with E-state index in [1.165, 1.54) is 6.33 Å². The van der Waals surface area contributed by atoms with Crippen LogP contribution >= 0.6 is 15.9 Å². The summed E-state index contributed by atoms with van der Waals surface area (Å²) in [6, 6.07) is 10.8. The van der Waals surface area contributed by atoms with E-state index in [0.717, 1.165) is 34.0 Å². The van der Waals surface area contributed by atoms with Crippen LogP contribution in [0.3, 0.4) is 0 Å². The average molecular weight is 586 g/mol. The standard InChI is InChI=1S/C28H24BrN7O3/c1-14-7-16(15-5-6-39-12-15)8-18-24-26(30)31-13-32-27(24)35(25(14)18)11-23(37)36-19-9-17(19)10-20(36)28(38)34-22-4-2-3-21(29)33-22/h2-8,12-13,17,19-20H,9-11H2,1H3,(H2,30,31,32)(H,33,34,38)/t17-,19-,20+/m1/s1. The number of benzene rings is 1. The Kier molecular flexibility index (Phi) is 5.44. The van der Waals surface area contributed by atoms with E-state index in [9.17, 15) is 9.59 Å². The summed E-state index contributed by atoms with van der Waals surface area (Å²) < 4.78 is 7.82. The SMILES string of the molecule is Cc1cc(-c2ccoc2)cc2c3c(N)ncnc3n(CC(=O)N3[C@@H]4C[C@@H]4C[C@H]3C(=O)Nc3cccc(Br)n3)c12. The molecule has 196 valence electrons. The van der Waals surface area contributed by atoms with Crippen LogP contribution in [0.25, 0.3) is 33.1 Å². The lowest BCUT2D eigenvalue weighted by atomic mass is 10.0. The van der Waals surface area contributed by atoms with Crippen molar-refractivity contribution in [2.75, 3.05) is 11.1 Å². The molecule has 10 nitrogen and oxygen atoms in total. The first kappa shape index (κ1) is 23.8. The van der Waals surface area contributed by atoms with E-state index in [4.69, 9.17) is 10.2 Å². The number of fused-ring (bicyclic) bond motifs is 4. The van der Waals surface area contributed by atoms with Crippen LogP contribution in [-0.2, 0) is 16.1 Å². The highest BCUT2D eigenvalue weighted by Crippen LogP contribution is 2.48. The molecule has 3 atom stereocenters. The lowest BCUT2D eigenvalue weighted by Gasteiger charge is -2.27. The number of furan rings is 1. The van der Waals surface area contributed by atoms with E-state index >= 15 is 0 Å². The Morgan fingerprint density at radius 1 is 1.18 bits per heavy atom. The smallest absolute Gasteiger partial charge is 0.248 e. The van der Waals surface area contributed by atoms with Crippen molar-refractivity contribution in [3.05, 3.63) is 65.4 Å². The minimum atomic E-state index is -0.552. The lowest BCUT2D eigenvalue weighted by Crippen LogP contribution is -2.46. The molecule has 7 rings (SSSR count). The molecule has 39 heavy (non-hydrogen) atoms. The van der Waals surface area contributed by atoms with Crippen molar-refractivity contribution in [2.24, 2.45) is 5.92 Å². The minimum Gasteiger partial charge on any atom is -0.472 e. The summed E-state index contributed by atoms with van der Waals surface area (Å²) >= 11 is 3.33. The number of carbonyl (C=O) groups excluding carboxylic acids is 2. The van der Waals surface area contributed by atoms with Crippen LogP contribution in [0.5, 0.6) is 0 Å². The molecular weight excluding hydrogens is 562 g/mol. The van der Waals surface area contributed by atoms with Crippen LogP contribution in [-0.4, -0.2) is 48.3 Å². The number of piperidine rings is 1. The van der Waals surface area contributed by atoms with E-state index in [0.29, 0.717) is 39.6 Å². The van der Waals surface area contributed by atoms with E-state index in [-0.39, 0.29) is 24.4 Å². The Balaban J connectivity index is 1.26. The lowest BCUT2D eigenvalue weighted by molar-refractivity contribution is -0.138. The number of amides is 2. The van der Waals surface area contributed by atoms with Gasteiger partial charge in [-0.3, -0.25) is 9.59 Å². The van der Waals surface area contributed by atoms with Gasteiger partial charge in [0.1, 0.15) is 40.8 Å². The number of aryl methyl sites for hydroxylation is 1. The first-order chi connectivity index (χ1) is 18.9. The van der Waals surface area contributed by atoms with Crippen LogP contribution in [0.15, 0.2) is 64.3 Å². The van der Waals surface area contributed by atoms with E-state index in [2.05, 4.69) is 42.3 Å². The molecule has 2 fully saturated rings. The third-order valence-corrected chi connectivity index (χ3v) is 8.20. The summed E-state index contributed by atoms with van der Waals surface area (Å²) in [5, 5.41) is 4.45. The van der Waals surface area contributed by atoms with Gasteiger partial charge in [-0.2, -0.15) is 0 Å². The van der Waals surface area contributed by atoms with Gasteiger partial charge >= 0.3 is 0 Å². The number of anilines is 2. The zero-order chi connectivity index (χ0) is 26.8. The fourth-order valence-electron chi connectivity index (χ4n) is 5.99. The molecule has 1 saturated heterocycles. The highest BCUT2D eigenvalue weighted by atomic mass is 79.9. The molecule has 0 bridgehead atoms. The number of rotatable bonds is 5. The Bertz CT molecular complexity index is 1780. The summed E-state index contributed by atoms with van der Waals surface area (Å²) in [5.74, 6) is 0.784. The maximum Gasteiger partial charge on any atom is 0.248 e. The zero-order valence-corrected chi connectivity index (χ0v) is 22.6. The first-order valence-corrected chi connectivity index (χ1v) is 13.5. The third-order valence-electron chi connectivity index (χ3n) is 7.76. The fraction of sp³-hybridized carbons (Fsp3) is 0.250. The monoisotopic (exact) mass is 585 g/mol. The average Bonchev–Trinajstić information content (AvgIpc) is 3.25. The van der Waals surface area contributed by atoms with Gasteiger partial charge in [0.25, 0.3) is 0 Å². The van der Waals surface area contributed by atoms with Gasteiger partial charge in [0, 0.05) is 17.0 Å². The van der Waals surface area contributed by atoms with Gasteiger partial charge in [0.2, 0.25) is 11.8 Å². The van der Waals surface area contributed by atoms with Gasteiger partial charge in [0.15, 0.2) is 0 Å². The zero-order valence-electron chi connectivity index (χ0n) is 21.0. The number of nitrogen functional groups attached to an aromatic ring is 1. The normalized spacial score (nSPS) is 19.9. The predicted octanol–water partition coefficient (Wildman–Crippen LogP) is 4.52. The Labute approximate surface area is 231 Å². The van der Waals surface area contributed by atoms with Gasteiger partial charge in [0.05, 0.1) is 23.4 Å². The molecular formula is C28H24BrN7O3. The van der Waals surface area contributed by atoms with Gasteiger partial charge in [-0.1, -0.05) is 6.07 Å². The molecule has 5 aromatic rings. The molecule has 1 aromatic carbocycles. The minimum absolute atomic E-state index is 0.0322. The molecule has 0 radical (unpaired) electrons. The molecule has 11 heteroatoms. The van der Waals surface area contributed by atoms with Gasteiger partial charge in [-0.25, -0.2) is 15.0 Å². The number of hydrogen-bond donors (Lipinski definition) is 2. The number of nitrogens with two attached hydrogens (primary N) is 1. The van der Waals surface area contributed by atoms with Crippen molar-refractivity contribution < 1.29 is 14.0 Å². The second-order valence-electron chi connectivity index (χ2n) is 10.2. The maximum atomic E-state index is 13.9. The Morgan fingerprint density at radius 2 is 2.05 bits per heavy atom. The molecule has 5 heterocycles. The number of carbonyl (C=O) groups is 2. The quantitative estimate of drug-likeness (QED) is 0.290. The summed E-state index contributed by atoms with van der Waals surface area (Å²) in [6.45, 7) is 2.04. The summed E-state index contributed by atoms with van der Waals surface area (Å²) in [4.78, 5) is 42.0. The number of likely N-dealkylation sites (tertiary alicyclic amines) is 1. The fourth-order valence-corrected chi connectivity index (χ4v) is 6.33. The second-order valence-corrected chi connectivity index (χ2v) is 11.0. The largest absolute Gasteiger partial charge is 0.472 e. The van der Waals surface area contributed by atoms with Gasteiger partial charge < -0.3 is 24.9 Å². The number of halogens is 1. The van der Waals surface area contributed by atoms with Crippen LogP contribution in [0.2, 0.25) is 0 Å². The second kappa shape index (κ2) is 8.91.